The van der Waals surface area contributed by atoms with Crippen molar-refractivity contribution >= 4 is 0 Å². The van der Waals surface area contributed by atoms with Crippen molar-refractivity contribution in [1.29, 1.82) is 0 Å². The number of methoxy groups -OCH3 is 1. The second kappa shape index (κ2) is 7.13. The zero-order chi connectivity index (χ0) is 15.2. The van der Waals surface area contributed by atoms with Crippen molar-refractivity contribution in [2.45, 2.75) is 19.5 Å². The molecule has 0 fully saturated rings. The lowest BCUT2D eigenvalue weighted by atomic mass is 10.1. The van der Waals surface area contributed by atoms with Gasteiger partial charge in [-0.1, -0.05) is 18.2 Å². The first-order valence-electron chi connectivity index (χ1n) is 7.44. The number of ether oxygens (including phenoxy) is 3. The first-order chi connectivity index (χ1) is 10.9. The van der Waals surface area contributed by atoms with Crippen LogP contribution in [0, 0.1) is 0 Å². The van der Waals surface area contributed by atoms with Crippen LogP contribution >= 0.6 is 0 Å². The topological polar surface area (TPSA) is 52.6 Å². The van der Waals surface area contributed by atoms with Crippen LogP contribution in [0.4, 0.5) is 0 Å². The van der Waals surface area contributed by atoms with E-state index in [9.17, 15) is 0 Å². The van der Waals surface area contributed by atoms with Gasteiger partial charge in [-0.05, 0) is 12.1 Å². The fraction of sp³-hybridized carbons (Fsp3) is 0.353. The normalized spacial score (nSPS) is 13.5. The summed E-state index contributed by atoms with van der Waals surface area (Å²) in [5.41, 5.74) is 2.13. The standard InChI is InChI=1S/C17H20N2O3/c1-20-17-14(6-3-8-19-17)12-18-11-13-5-2-7-15-16(13)22-10-4-9-21-15/h2-3,5-8,18H,4,9-12H2,1H3. The number of hydrogen-bond donors (Lipinski definition) is 1. The van der Waals surface area contributed by atoms with Crippen molar-refractivity contribution < 1.29 is 14.2 Å². The summed E-state index contributed by atoms with van der Waals surface area (Å²) < 4.78 is 16.8. The summed E-state index contributed by atoms with van der Waals surface area (Å²) >= 11 is 0. The monoisotopic (exact) mass is 300 g/mol. The van der Waals surface area contributed by atoms with Gasteiger partial charge in [0, 0.05) is 36.8 Å². The summed E-state index contributed by atoms with van der Waals surface area (Å²) in [6, 6.07) is 9.92. The molecular weight excluding hydrogens is 280 g/mol. The van der Waals surface area contributed by atoms with Crippen molar-refractivity contribution in [3.8, 4) is 17.4 Å². The number of fused-ring (bicyclic) bond motifs is 1. The van der Waals surface area contributed by atoms with Crippen LogP contribution < -0.4 is 19.5 Å². The maximum absolute atomic E-state index is 5.83. The van der Waals surface area contributed by atoms with Gasteiger partial charge >= 0.3 is 0 Å². The van der Waals surface area contributed by atoms with Crippen molar-refractivity contribution in [1.82, 2.24) is 10.3 Å². The Morgan fingerprint density at radius 3 is 2.82 bits per heavy atom. The molecule has 2 heterocycles. The van der Waals surface area contributed by atoms with Gasteiger partial charge in [0.05, 0.1) is 20.3 Å². The third kappa shape index (κ3) is 3.31. The quantitative estimate of drug-likeness (QED) is 0.919. The molecule has 1 aromatic heterocycles. The van der Waals surface area contributed by atoms with Crippen LogP contribution in [0.3, 0.4) is 0 Å². The molecule has 0 radical (unpaired) electrons. The molecule has 5 heteroatoms. The molecule has 0 amide bonds. The number of pyridine rings is 1. The Hall–Kier alpha value is -2.27. The molecule has 1 aliphatic rings. The molecule has 0 atom stereocenters. The van der Waals surface area contributed by atoms with E-state index in [0.717, 1.165) is 29.0 Å². The van der Waals surface area contributed by atoms with E-state index < -0.39 is 0 Å². The van der Waals surface area contributed by atoms with E-state index in [2.05, 4.69) is 16.4 Å². The van der Waals surface area contributed by atoms with Crippen LogP contribution in [0.2, 0.25) is 0 Å². The van der Waals surface area contributed by atoms with Crippen molar-refractivity contribution in [3.63, 3.8) is 0 Å². The van der Waals surface area contributed by atoms with Gasteiger partial charge in [-0.3, -0.25) is 0 Å². The van der Waals surface area contributed by atoms with E-state index in [1.54, 1.807) is 13.3 Å². The molecule has 0 saturated carbocycles. The lowest BCUT2D eigenvalue weighted by Crippen LogP contribution is -2.14. The molecule has 0 bridgehead atoms. The summed E-state index contributed by atoms with van der Waals surface area (Å²) in [6.07, 6.45) is 2.64. The highest BCUT2D eigenvalue weighted by molar-refractivity contribution is 5.47. The lowest BCUT2D eigenvalue weighted by Gasteiger charge is -2.13. The second-order valence-corrected chi connectivity index (χ2v) is 5.07. The maximum atomic E-state index is 5.83. The third-order valence-electron chi connectivity index (χ3n) is 3.53. The molecule has 3 rings (SSSR count). The zero-order valence-electron chi connectivity index (χ0n) is 12.7. The molecular formula is C17H20N2O3. The summed E-state index contributed by atoms with van der Waals surface area (Å²) in [4.78, 5) is 4.20. The number of rotatable bonds is 5. The minimum absolute atomic E-state index is 0.654. The van der Waals surface area contributed by atoms with Crippen LogP contribution in [0.5, 0.6) is 17.4 Å². The molecule has 0 aliphatic carbocycles. The fourth-order valence-corrected chi connectivity index (χ4v) is 2.47. The molecule has 1 aromatic carbocycles. The molecule has 5 nitrogen and oxygen atoms in total. The van der Waals surface area contributed by atoms with Crippen LogP contribution in [-0.2, 0) is 13.1 Å². The minimum atomic E-state index is 0.654. The highest BCUT2D eigenvalue weighted by Crippen LogP contribution is 2.33. The Bertz CT molecular complexity index is 631. The average molecular weight is 300 g/mol. The van der Waals surface area contributed by atoms with E-state index >= 15 is 0 Å². The largest absolute Gasteiger partial charge is 0.490 e. The van der Waals surface area contributed by atoms with E-state index in [0.29, 0.717) is 32.2 Å². The fourth-order valence-electron chi connectivity index (χ4n) is 2.47. The number of nitrogens with zero attached hydrogens (tertiary/aromatic N) is 1. The van der Waals surface area contributed by atoms with Crippen molar-refractivity contribution in [2.75, 3.05) is 20.3 Å². The number of hydrogen-bond acceptors (Lipinski definition) is 5. The summed E-state index contributed by atoms with van der Waals surface area (Å²) in [6.45, 7) is 2.78. The van der Waals surface area contributed by atoms with Gasteiger partial charge < -0.3 is 19.5 Å². The number of para-hydroxylation sites is 1. The zero-order valence-corrected chi connectivity index (χ0v) is 12.7. The first kappa shape index (κ1) is 14.7. The van der Waals surface area contributed by atoms with Gasteiger partial charge in [0.15, 0.2) is 11.5 Å². The average Bonchev–Trinajstić information content (AvgIpc) is 2.81. The molecule has 1 N–H and O–H groups in total. The highest BCUT2D eigenvalue weighted by Gasteiger charge is 2.14. The lowest BCUT2D eigenvalue weighted by molar-refractivity contribution is 0.296. The van der Waals surface area contributed by atoms with Gasteiger partial charge in [-0.15, -0.1) is 0 Å². The van der Waals surface area contributed by atoms with Crippen molar-refractivity contribution in [2.24, 2.45) is 0 Å². The van der Waals surface area contributed by atoms with E-state index in [1.165, 1.54) is 0 Å². The predicted molar refractivity (Wildman–Crippen MR) is 83.4 cm³/mol. The Labute approximate surface area is 130 Å². The van der Waals surface area contributed by atoms with Gasteiger partial charge in [0.25, 0.3) is 0 Å². The molecule has 2 aromatic rings. The minimum Gasteiger partial charge on any atom is -0.490 e. The van der Waals surface area contributed by atoms with Crippen LogP contribution in [0.15, 0.2) is 36.5 Å². The highest BCUT2D eigenvalue weighted by atomic mass is 16.5. The molecule has 116 valence electrons. The van der Waals surface area contributed by atoms with Gasteiger partial charge in [-0.2, -0.15) is 0 Å². The summed E-state index contributed by atoms with van der Waals surface area (Å²) in [5, 5.41) is 3.41. The van der Waals surface area contributed by atoms with Crippen LogP contribution in [0.25, 0.3) is 0 Å². The van der Waals surface area contributed by atoms with Gasteiger partial charge in [0.2, 0.25) is 5.88 Å². The molecule has 22 heavy (non-hydrogen) atoms. The van der Waals surface area contributed by atoms with E-state index in [-0.39, 0.29) is 0 Å². The first-order valence-corrected chi connectivity index (χ1v) is 7.44. The van der Waals surface area contributed by atoms with Gasteiger partial charge in [0.1, 0.15) is 0 Å². The van der Waals surface area contributed by atoms with Crippen LogP contribution in [0.1, 0.15) is 17.5 Å². The number of benzene rings is 1. The van der Waals surface area contributed by atoms with E-state index in [4.69, 9.17) is 14.2 Å². The predicted octanol–water partition coefficient (Wildman–Crippen LogP) is 2.54. The second-order valence-electron chi connectivity index (χ2n) is 5.07. The number of aromatic nitrogens is 1. The van der Waals surface area contributed by atoms with Crippen molar-refractivity contribution in [3.05, 3.63) is 47.7 Å². The van der Waals surface area contributed by atoms with Gasteiger partial charge in [-0.25, -0.2) is 4.98 Å². The summed E-state index contributed by atoms with van der Waals surface area (Å²) in [5.74, 6) is 2.34. The maximum Gasteiger partial charge on any atom is 0.217 e. The SMILES string of the molecule is COc1ncccc1CNCc1cccc2c1OCCCO2. The third-order valence-corrected chi connectivity index (χ3v) is 3.53. The van der Waals surface area contributed by atoms with E-state index in [1.807, 2.05) is 24.3 Å². The molecule has 0 saturated heterocycles. The van der Waals surface area contributed by atoms with Crippen LogP contribution in [-0.4, -0.2) is 25.3 Å². The Morgan fingerprint density at radius 1 is 1.09 bits per heavy atom. The number of nitrogens with one attached hydrogen (secondary N) is 1. The Morgan fingerprint density at radius 2 is 1.91 bits per heavy atom. The molecule has 0 spiro atoms. The Balaban J connectivity index is 1.67. The smallest absolute Gasteiger partial charge is 0.217 e. The Kier molecular flexibility index (Phi) is 4.75. The summed E-state index contributed by atoms with van der Waals surface area (Å²) in [7, 11) is 1.63. The molecule has 0 unspecified atom stereocenters. The molecule has 1 aliphatic heterocycles.